The smallest absolute Gasteiger partial charge is 0.208 e. The highest BCUT2D eigenvalue weighted by atomic mass is 79.9. The number of benzene rings is 2. The van der Waals surface area contributed by atoms with Crippen LogP contribution in [0, 0.1) is 6.92 Å². The Balaban J connectivity index is 1.59. The van der Waals surface area contributed by atoms with E-state index in [1.807, 2.05) is 41.9 Å². The largest absolute Gasteiger partial charge is 0.457 e. The van der Waals surface area contributed by atoms with E-state index >= 15 is 0 Å². The molecule has 0 aliphatic heterocycles. The van der Waals surface area contributed by atoms with Crippen LogP contribution in [0.15, 0.2) is 59.2 Å². The lowest BCUT2D eigenvalue weighted by Gasteiger charge is -2.08. The molecule has 1 N–H and O–H groups in total. The third-order valence-corrected chi connectivity index (χ3v) is 5.61. The normalized spacial score (nSPS) is 10.9. The summed E-state index contributed by atoms with van der Waals surface area (Å²) in [6.07, 6.45) is 1.94. The molecule has 0 aliphatic rings. The van der Waals surface area contributed by atoms with E-state index in [1.165, 1.54) is 0 Å². The minimum Gasteiger partial charge on any atom is -0.457 e. The number of hydrogen-bond donors (Lipinski definition) is 1. The van der Waals surface area contributed by atoms with Gasteiger partial charge in [-0.25, -0.2) is 4.98 Å². The second-order valence-corrected chi connectivity index (χ2v) is 8.05. The van der Waals surface area contributed by atoms with Crippen molar-refractivity contribution in [1.29, 1.82) is 0 Å². The highest BCUT2D eigenvalue weighted by Gasteiger charge is 2.11. The van der Waals surface area contributed by atoms with Gasteiger partial charge < -0.3 is 14.6 Å². The topological polar surface area (TPSA) is 69.0 Å². The Hall–Kier alpha value is -3.19. The quantitative estimate of drug-likeness (QED) is 0.395. The van der Waals surface area contributed by atoms with Gasteiger partial charge in [0.05, 0.1) is 16.7 Å². The van der Waals surface area contributed by atoms with Gasteiger partial charge in [0.25, 0.3) is 0 Å². The number of carbonyl (C=O) groups excluding carboxylic acids is 1. The van der Waals surface area contributed by atoms with Crippen LogP contribution in [0.3, 0.4) is 0 Å². The third kappa shape index (κ3) is 4.36. The molecule has 0 bridgehead atoms. The van der Waals surface area contributed by atoms with Gasteiger partial charge in [0.15, 0.2) is 0 Å². The van der Waals surface area contributed by atoms with E-state index in [9.17, 15) is 4.79 Å². The Morgan fingerprint density at radius 3 is 2.70 bits per heavy atom. The van der Waals surface area contributed by atoms with E-state index in [-0.39, 0.29) is 5.78 Å². The number of rotatable bonds is 6. The molecule has 0 amide bonds. The molecule has 0 unspecified atom stereocenters. The molecule has 0 saturated carbocycles. The second kappa shape index (κ2) is 8.28. The highest BCUT2D eigenvalue weighted by molar-refractivity contribution is 9.10. The summed E-state index contributed by atoms with van der Waals surface area (Å²) in [7, 11) is 1.97. The van der Waals surface area contributed by atoms with Gasteiger partial charge in [-0.05, 0) is 55.8 Å². The maximum Gasteiger partial charge on any atom is 0.208 e. The van der Waals surface area contributed by atoms with Gasteiger partial charge in [-0.2, -0.15) is 0 Å². The minimum atomic E-state index is 0.0653. The molecule has 0 aliphatic carbocycles. The number of aromatic nitrogens is 3. The van der Waals surface area contributed by atoms with Crippen LogP contribution in [-0.4, -0.2) is 20.3 Å². The van der Waals surface area contributed by atoms with Gasteiger partial charge >= 0.3 is 0 Å². The lowest BCUT2D eigenvalue weighted by molar-refractivity contribution is -0.116. The number of anilines is 2. The molecule has 4 rings (SSSR count). The Morgan fingerprint density at radius 2 is 1.93 bits per heavy atom. The van der Waals surface area contributed by atoms with Crippen molar-refractivity contribution in [1.82, 2.24) is 14.5 Å². The van der Waals surface area contributed by atoms with Gasteiger partial charge in [0.1, 0.15) is 17.3 Å². The molecule has 6 nitrogen and oxygen atoms in total. The van der Waals surface area contributed by atoms with Gasteiger partial charge in [-0.15, -0.1) is 0 Å². The summed E-state index contributed by atoms with van der Waals surface area (Å²) in [6.45, 7) is 3.60. The van der Waals surface area contributed by atoms with Crippen molar-refractivity contribution in [3.63, 3.8) is 0 Å². The Morgan fingerprint density at radius 1 is 1.13 bits per heavy atom. The van der Waals surface area contributed by atoms with Crippen LogP contribution in [0.5, 0.6) is 11.5 Å². The van der Waals surface area contributed by atoms with Crippen molar-refractivity contribution < 1.29 is 9.53 Å². The predicted molar refractivity (Wildman–Crippen MR) is 122 cm³/mol. The van der Waals surface area contributed by atoms with Gasteiger partial charge in [0.2, 0.25) is 5.95 Å². The van der Waals surface area contributed by atoms with Crippen LogP contribution in [0.4, 0.5) is 11.6 Å². The minimum absolute atomic E-state index is 0.0653. The zero-order valence-corrected chi connectivity index (χ0v) is 18.5. The molecule has 2 aromatic carbocycles. The zero-order chi connectivity index (χ0) is 21.3. The maximum absolute atomic E-state index is 11.3. The van der Waals surface area contributed by atoms with E-state index in [4.69, 9.17) is 9.72 Å². The van der Waals surface area contributed by atoms with Crippen molar-refractivity contribution >= 4 is 44.4 Å². The molecular weight excluding hydrogens is 444 g/mol. The molecule has 2 aromatic heterocycles. The average Bonchev–Trinajstić information content (AvgIpc) is 2.99. The first-order valence-corrected chi connectivity index (χ1v) is 10.3. The summed E-state index contributed by atoms with van der Waals surface area (Å²) >= 11 is 3.53. The lowest BCUT2D eigenvalue weighted by Crippen LogP contribution is -1.99. The number of aryl methyl sites for hydroxylation is 2. The number of carbonyl (C=O) groups is 1. The fraction of sp³-hybridized carbons (Fsp3) is 0.174. The zero-order valence-electron chi connectivity index (χ0n) is 16.9. The molecule has 4 aromatic rings. The molecule has 30 heavy (non-hydrogen) atoms. The monoisotopic (exact) mass is 464 g/mol. The third-order valence-electron chi connectivity index (χ3n) is 4.72. The van der Waals surface area contributed by atoms with Crippen LogP contribution >= 0.6 is 15.9 Å². The number of ether oxygens (including phenoxy) is 1. The standard InChI is InChI=1S/C23H21BrN4O2/c1-14-10-16(4-6-20(14)24)26-23-27-21-13-18(5-7-22(21)28(23)3)30-19-8-9-25-17(12-19)11-15(2)29/h4-10,12-13H,11H2,1-3H3,(H,26,27). The highest BCUT2D eigenvalue weighted by Crippen LogP contribution is 2.29. The number of Topliss-reactive ketones (excluding diaryl/α,β-unsaturated/α-hetero) is 1. The van der Waals surface area contributed by atoms with E-state index in [1.54, 1.807) is 25.3 Å². The van der Waals surface area contributed by atoms with Crippen LogP contribution in [0.2, 0.25) is 0 Å². The van der Waals surface area contributed by atoms with Gasteiger partial charge in [-0.3, -0.25) is 9.78 Å². The fourth-order valence-electron chi connectivity index (χ4n) is 3.21. The van der Waals surface area contributed by atoms with E-state index in [2.05, 4.69) is 39.2 Å². The fourth-order valence-corrected chi connectivity index (χ4v) is 3.46. The maximum atomic E-state index is 11.3. The number of imidazole rings is 1. The van der Waals surface area contributed by atoms with Crippen molar-refractivity contribution in [3.05, 3.63) is 70.5 Å². The molecule has 0 radical (unpaired) electrons. The van der Waals surface area contributed by atoms with Crippen molar-refractivity contribution in [3.8, 4) is 11.5 Å². The van der Waals surface area contributed by atoms with Gasteiger partial charge in [0, 0.05) is 42.0 Å². The van der Waals surface area contributed by atoms with Crippen molar-refractivity contribution in [2.45, 2.75) is 20.3 Å². The number of ketones is 1. The summed E-state index contributed by atoms with van der Waals surface area (Å²) in [5.74, 6) is 2.12. The van der Waals surface area contributed by atoms with Crippen LogP contribution in [0.25, 0.3) is 11.0 Å². The molecule has 0 saturated heterocycles. The van der Waals surface area contributed by atoms with Gasteiger partial charge in [-0.1, -0.05) is 15.9 Å². The number of nitrogens with zero attached hydrogens (tertiary/aromatic N) is 3. The summed E-state index contributed by atoms with van der Waals surface area (Å²) in [5, 5.41) is 3.37. The van der Waals surface area contributed by atoms with E-state index < -0.39 is 0 Å². The average molecular weight is 465 g/mol. The molecule has 0 spiro atoms. The van der Waals surface area contributed by atoms with Crippen molar-refractivity contribution in [2.24, 2.45) is 7.05 Å². The molecule has 0 fully saturated rings. The predicted octanol–water partition coefficient (Wildman–Crippen LogP) is 5.71. The van der Waals surface area contributed by atoms with E-state index in [0.717, 1.165) is 32.7 Å². The second-order valence-electron chi connectivity index (χ2n) is 7.20. The van der Waals surface area contributed by atoms with E-state index in [0.29, 0.717) is 23.6 Å². The number of fused-ring (bicyclic) bond motifs is 1. The first-order valence-electron chi connectivity index (χ1n) is 9.51. The Labute approximate surface area is 183 Å². The Bertz CT molecular complexity index is 1250. The Kier molecular flexibility index (Phi) is 5.55. The first kappa shape index (κ1) is 20.1. The summed E-state index contributed by atoms with van der Waals surface area (Å²) in [6, 6.07) is 15.4. The molecule has 7 heteroatoms. The number of hydrogen-bond acceptors (Lipinski definition) is 5. The van der Waals surface area contributed by atoms with Crippen molar-refractivity contribution in [2.75, 3.05) is 5.32 Å². The van der Waals surface area contributed by atoms with Crippen LogP contribution in [0.1, 0.15) is 18.2 Å². The lowest BCUT2D eigenvalue weighted by atomic mass is 10.2. The summed E-state index contributed by atoms with van der Waals surface area (Å²) in [5.41, 5.74) is 4.63. The first-order chi connectivity index (χ1) is 14.4. The SMILES string of the molecule is CC(=O)Cc1cc(Oc2ccc3c(c2)nc(Nc2ccc(Br)c(C)c2)n3C)ccn1. The number of nitrogens with one attached hydrogen (secondary N) is 1. The summed E-state index contributed by atoms with van der Waals surface area (Å²) in [4.78, 5) is 20.3. The molecule has 152 valence electrons. The molecule has 2 heterocycles. The number of pyridine rings is 1. The summed E-state index contributed by atoms with van der Waals surface area (Å²) < 4.78 is 9.06. The van der Waals surface area contributed by atoms with Crippen LogP contribution < -0.4 is 10.1 Å². The molecular formula is C23H21BrN4O2. The number of halogens is 1. The molecule has 0 atom stereocenters. The van der Waals surface area contributed by atoms with Crippen LogP contribution in [-0.2, 0) is 18.3 Å².